The van der Waals surface area contributed by atoms with Crippen molar-refractivity contribution in [1.82, 2.24) is 0 Å². The van der Waals surface area contributed by atoms with E-state index in [1.54, 1.807) is 0 Å². The third kappa shape index (κ3) is 3.35. The minimum atomic E-state index is 0.401. The van der Waals surface area contributed by atoms with Crippen molar-refractivity contribution >= 4 is 34.2 Å². The Kier molecular flexibility index (Phi) is 4.32. The molecule has 1 saturated carbocycles. The van der Waals surface area contributed by atoms with Crippen molar-refractivity contribution in [1.29, 1.82) is 0 Å². The monoisotopic (exact) mass is 334 g/mol. The highest BCUT2D eigenvalue weighted by Gasteiger charge is 2.22. The number of hydrogen-bond donors (Lipinski definition) is 0. The van der Waals surface area contributed by atoms with Crippen LogP contribution < -0.4 is 0 Å². The topological polar surface area (TPSA) is 0 Å². The molecule has 0 aromatic heterocycles. The second-order valence-corrected chi connectivity index (χ2v) is 6.20. The van der Waals surface area contributed by atoms with Gasteiger partial charge in [-0.15, -0.1) is 11.6 Å². The van der Waals surface area contributed by atoms with E-state index in [-0.39, 0.29) is 0 Å². The fourth-order valence-electron chi connectivity index (χ4n) is 2.32. The number of hydrogen-bond acceptors (Lipinski definition) is 0. The summed E-state index contributed by atoms with van der Waals surface area (Å²) in [5.74, 6) is 0.695. The van der Waals surface area contributed by atoms with Gasteiger partial charge in [0.1, 0.15) is 0 Å². The van der Waals surface area contributed by atoms with E-state index >= 15 is 0 Å². The number of halogens is 2. The maximum atomic E-state index is 6.36. The lowest BCUT2D eigenvalue weighted by Gasteiger charge is -2.27. The lowest BCUT2D eigenvalue weighted by molar-refractivity contribution is 0.364. The quantitative estimate of drug-likeness (QED) is 0.546. The second kappa shape index (κ2) is 5.53. The molecular formula is C13H16ClI. The molecule has 1 aromatic rings. The van der Waals surface area contributed by atoms with Gasteiger partial charge in [-0.1, -0.05) is 25.0 Å². The molecule has 0 saturated heterocycles. The Morgan fingerprint density at radius 1 is 1.13 bits per heavy atom. The Morgan fingerprint density at radius 3 is 2.47 bits per heavy atom. The van der Waals surface area contributed by atoms with E-state index in [0.717, 1.165) is 6.42 Å². The molecule has 0 radical (unpaired) electrons. The summed E-state index contributed by atoms with van der Waals surface area (Å²) >= 11 is 8.71. The third-order valence-electron chi connectivity index (χ3n) is 3.23. The molecule has 82 valence electrons. The van der Waals surface area contributed by atoms with Gasteiger partial charge in [-0.2, -0.15) is 0 Å². The van der Waals surface area contributed by atoms with Gasteiger partial charge in [0.25, 0.3) is 0 Å². The lowest BCUT2D eigenvalue weighted by atomic mass is 9.84. The van der Waals surface area contributed by atoms with Gasteiger partial charge in [0.15, 0.2) is 0 Å². The van der Waals surface area contributed by atoms with Crippen LogP contribution in [0.4, 0.5) is 0 Å². The smallest absolute Gasteiger partial charge is 0.0367 e. The molecule has 2 unspecified atom stereocenters. The second-order valence-electron chi connectivity index (χ2n) is 4.39. The van der Waals surface area contributed by atoms with Gasteiger partial charge in [0.05, 0.1) is 0 Å². The first-order valence-electron chi connectivity index (χ1n) is 5.64. The highest BCUT2D eigenvalue weighted by molar-refractivity contribution is 14.1. The van der Waals surface area contributed by atoms with E-state index in [1.165, 1.54) is 34.8 Å². The summed E-state index contributed by atoms with van der Waals surface area (Å²) in [6.07, 6.45) is 6.34. The molecule has 15 heavy (non-hydrogen) atoms. The number of alkyl halides is 1. The van der Waals surface area contributed by atoms with Gasteiger partial charge in [0.2, 0.25) is 0 Å². The summed E-state index contributed by atoms with van der Waals surface area (Å²) in [6, 6.07) is 8.84. The Hall–Kier alpha value is 0.240. The first-order valence-corrected chi connectivity index (χ1v) is 7.16. The normalized spacial score (nSPS) is 26.5. The fourth-order valence-corrected chi connectivity index (χ4v) is 3.04. The standard InChI is InChI=1S/C13H16ClI/c14-13-4-2-1-3-11(13)9-10-5-7-12(15)8-6-10/h5-8,11,13H,1-4,9H2. The summed E-state index contributed by atoms with van der Waals surface area (Å²) in [4.78, 5) is 0. The zero-order valence-electron chi connectivity index (χ0n) is 8.76. The summed E-state index contributed by atoms with van der Waals surface area (Å²) in [5.41, 5.74) is 1.44. The van der Waals surface area contributed by atoms with Crippen LogP contribution in [0.3, 0.4) is 0 Å². The molecule has 1 fully saturated rings. The van der Waals surface area contributed by atoms with Gasteiger partial charge in [-0.3, -0.25) is 0 Å². The summed E-state index contributed by atoms with van der Waals surface area (Å²) in [5, 5.41) is 0.401. The molecule has 2 atom stereocenters. The van der Waals surface area contributed by atoms with Gasteiger partial charge in [0, 0.05) is 8.95 Å². The van der Waals surface area contributed by atoms with E-state index in [1.807, 2.05) is 0 Å². The molecule has 0 amide bonds. The van der Waals surface area contributed by atoms with Crippen LogP contribution in [0.2, 0.25) is 0 Å². The summed E-state index contributed by atoms with van der Waals surface area (Å²) in [6.45, 7) is 0. The first-order chi connectivity index (χ1) is 7.25. The highest BCUT2D eigenvalue weighted by atomic mass is 127. The van der Waals surface area contributed by atoms with Crippen LogP contribution in [0.25, 0.3) is 0 Å². The van der Waals surface area contributed by atoms with Gasteiger partial charge in [-0.05, 0) is 65.5 Å². The molecule has 0 N–H and O–H groups in total. The first kappa shape index (κ1) is 11.7. The average molecular weight is 335 g/mol. The van der Waals surface area contributed by atoms with Crippen LogP contribution in [-0.2, 0) is 6.42 Å². The Bertz CT molecular complexity index is 307. The lowest BCUT2D eigenvalue weighted by Crippen LogP contribution is -2.21. The molecule has 1 aliphatic carbocycles. The summed E-state index contributed by atoms with van der Waals surface area (Å²) < 4.78 is 1.31. The largest absolute Gasteiger partial charge is 0.123 e. The van der Waals surface area contributed by atoms with Crippen LogP contribution in [0.15, 0.2) is 24.3 Å². The van der Waals surface area contributed by atoms with Crippen molar-refractivity contribution < 1.29 is 0 Å². The Morgan fingerprint density at radius 2 is 1.80 bits per heavy atom. The fraction of sp³-hybridized carbons (Fsp3) is 0.538. The van der Waals surface area contributed by atoms with E-state index < -0.39 is 0 Å². The minimum Gasteiger partial charge on any atom is -0.123 e. The van der Waals surface area contributed by atoms with Crippen LogP contribution >= 0.6 is 34.2 Å². The van der Waals surface area contributed by atoms with E-state index in [4.69, 9.17) is 11.6 Å². The maximum absolute atomic E-state index is 6.36. The van der Waals surface area contributed by atoms with E-state index in [2.05, 4.69) is 46.9 Å². The zero-order valence-corrected chi connectivity index (χ0v) is 11.7. The van der Waals surface area contributed by atoms with Gasteiger partial charge in [-0.25, -0.2) is 0 Å². The minimum absolute atomic E-state index is 0.401. The molecule has 0 nitrogen and oxygen atoms in total. The van der Waals surface area contributed by atoms with Gasteiger partial charge >= 0.3 is 0 Å². The van der Waals surface area contributed by atoms with Crippen molar-refractivity contribution in [3.63, 3.8) is 0 Å². The molecule has 0 bridgehead atoms. The predicted molar refractivity (Wildman–Crippen MR) is 74.5 cm³/mol. The molecule has 2 heteroatoms. The zero-order chi connectivity index (χ0) is 10.7. The van der Waals surface area contributed by atoms with Crippen LogP contribution in [0.1, 0.15) is 31.2 Å². The highest BCUT2D eigenvalue weighted by Crippen LogP contribution is 2.31. The van der Waals surface area contributed by atoms with E-state index in [0.29, 0.717) is 11.3 Å². The number of benzene rings is 1. The molecule has 0 aliphatic heterocycles. The predicted octanol–water partition coefficient (Wildman–Crippen LogP) is 4.63. The molecular weight excluding hydrogens is 318 g/mol. The SMILES string of the molecule is ClC1CCCCC1Cc1ccc(I)cc1. The van der Waals surface area contributed by atoms with Crippen LogP contribution in [-0.4, -0.2) is 5.38 Å². The van der Waals surface area contributed by atoms with Crippen molar-refractivity contribution in [2.24, 2.45) is 5.92 Å². The molecule has 0 spiro atoms. The molecule has 1 aliphatic rings. The molecule has 0 heterocycles. The molecule has 2 rings (SSSR count). The average Bonchev–Trinajstić information content (AvgIpc) is 2.25. The number of rotatable bonds is 2. The van der Waals surface area contributed by atoms with Crippen LogP contribution in [0.5, 0.6) is 0 Å². The molecule has 1 aromatic carbocycles. The maximum Gasteiger partial charge on any atom is 0.0367 e. The van der Waals surface area contributed by atoms with Crippen molar-refractivity contribution in [3.05, 3.63) is 33.4 Å². The van der Waals surface area contributed by atoms with Crippen LogP contribution in [0, 0.1) is 9.49 Å². The summed E-state index contributed by atoms with van der Waals surface area (Å²) in [7, 11) is 0. The van der Waals surface area contributed by atoms with E-state index in [9.17, 15) is 0 Å². The van der Waals surface area contributed by atoms with Crippen molar-refractivity contribution in [2.75, 3.05) is 0 Å². The van der Waals surface area contributed by atoms with Gasteiger partial charge < -0.3 is 0 Å². The Balaban J connectivity index is 1.98. The third-order valence-corrected chi connectivity index (χ3v) is 4.52. The van der Waals surface area contributed by atoms with Crippen molar-refractivity contribution in [3.8, 4) is 0 Å². The van der Waals surface area contributed by atoms with Crippen molar-refractivity contribution in [2.45, 2.75) is 37.5 Å². The Labute approximate surface area is 111 Å².